The van der Waals surface area contributed by atoms with Gasteiger partial charge in [-0.05, 0) is 62.2 Å². The van der Waals surface area contributed by atoms with Gasteiger partial charge in [-0.2, -0.15) is 23.4 Å². The van der Waals surface area contributed by atoms with Crippen LogP contribution in [0.4, 0.5) is 29.2 Å². The van der Waals surface area contributed by atoms with E-state index in [0.29, 0.717) is 23.3 Å². The van der Waals surface area contributed by atoms with E-state index in [2.05, 4.69) is 31.7 Å². The van der Waals surface area contributed by atoms with Crippen molar-refractivity contribution in [2.24, 2.45) is 0 Å². The molecule has 0 saturated heterocycles. The van der Waals surface area contributed by atoms with Gasteiger partial charge in [-0.25, -0.2) is 18.7 Å². The fourth-order valence-electron chi connectivity index (χ4n) is 4.33. The second-order valence-electron chi connectivity index (χ2n) is 9.51. The van der Waals surface area contributed by atoms with Crippen LogP contribution in [0.5, 0.6) is 0 Å². The molecule has 4 heterocycles. The van der Waals surface area contributed by atoms with Crippen molar-refractivity contribution in [3.8, 4) is 11.8 Å². The number of hydrogen-bond acceptors (Lipinski definition) is 7. The molecule has 13 heteroatoms. The summed E-state index contributed by atoms with van der Waals surface area (Å²) in [6, 6.07) is 8.01. The highest BCUT2D eigenvalue weighted by atomic mass is 19.4. The van der Waals surface area contributed by atoms with E-state index < -0.39 is 29.5 Å². The number of fused-ring (bicyclic) bond motifs is 2. The predicted octanol–water partition coefficient (Wildman–Crippen LogP) is 3.87. The van der Waals surface area contributed by atoms with Gasteiger partial charge >= 0.3 is 6.18 Å². The van der Waals surface area contributed by atoms with E-state index >= 15 is 0 Å². The maximum Gasteiger partial charge on any atom is 0.408 e. The van der Waals surface area contributed by atoms with E-state index in [4.69, 9.17) is 0 Å². The van der Waals surface area contributed by atoms with Crippen LogP contribution in [0.1, 0.15) is 30.7 Å². The van der Waals surface area contributed by atoms with Crippen LogP contribution in [-0.4, -0.2) is 37.0 Å². The number of rotatable bonds is 5. The molecule has 1 aliphatic heterocycles. The van der Waals surface area contributed by atoms with E-state index in [-0.39, 0.29) is 28.4 Å². The Morgan fingerprint density at radius 1 is 1.18 bits per heavy atom. The first-order valence-corrected chi connectivity index (χ1v) is 11.7. The molecule has 0 bridgehead atoms. The molecule has 0 atom stereocenters. The maximum atomic E-state index is 14.8. The lowest BCUT2D eigenvalue weighted by Crippen LogP contribution is -2.30. The SMILES string of the molecule is CC(C)(C#N)c1cc(-n2c3nc(Nc4cc5c(cc4F)CNCC5)ncc3c(=O)n2CC(F)(F)F)ccn1. The number of nitrogens with one attached hydrogen (secondary N) is 2. The average Bonchev–Trinajstić information content (AvgIpc) is 3.13. The molecule has 4 aromatic rings. The first kappa shape index (κ1) is 25.3. The smallest absolute Gasteiger partial charge is 0.322 e. The Kier molecular flexibility index (Phi) is 6.15. The van der Waals surface area contributed by atoms with Crippen LogP contribution < -0.4 is 16.2 Å². The van der Waals surface area contributed by atoms with Gasteiger partial charge in [-0.1, -0.05) is 0 Å². The fourth-order valence-corrected chi connectivity index (χ4v) is 4.33. The maximum absolute atomic E-state index is 14.8. The van der Waals surface area contributed by atoms with Crippen LogP contribution in [0.2, 0.25) is 0 Å². The Bertz CT molecular complexity index is 1650. The average molecular weight is 526 g/mol. The third-order valence-corrected chi connectivity index (χ3v) is 6.33. The summed E-state index contributed by atoms with van der Waals surface area (Å²) in [5.41, 5.74) is 0.218. The predicted molar refractivity (Wildman–Crippen MR) is 131 cm³/mol. The minimum Gasteiger partial charge on any atom is -0.322 e. The molecule has 0 fully saturated rings. The Labute approximate surface area is 213 Å². The van der Waals surface area contributed by atoms with Crippen molar-refractivity contribution in [3.63, 3.8) is 0 Å². The van der Waals surface area contributed by atoms with Crippen molar-refractivity contribution in [1.82, 2.24) is 29.6 Å². The molecular weight excluding hydrogens is 504 g/mol. The van der Waals surface area contributed by atoms with Crippen LogP contribution >= 0.6 is 0 Å². The van der Waals surface area contributed by atoms with E-state index in [1.807, 2.05) is 0 Å². The van der Waals surface area contributed by atoms with Gasteiger partial charge in [0.05, 0.1) is 28.6 Å². The van der Waals surface area contributed by atoms with Crippen LogP contribution in [-0.2, 0) is 24.9 Å². The molecule has 3 aromatic heterocycles. The van der Waals surface area contributed by atoms with E-state index in [0.717, 1.165) is 28.6 Å². The zero-order valence-corrected chi connectivity index (χ0v) is 20.4. The van der Waals surface area contributed by atoms with Crippen LogP contribution in [0.25, 0.3) is 16.7 Å². The molecule has 1 aromatic carbocycles. The minimum atomic E-state index is -4.71. The van der Waals surface area contributed by atoms with Crippen molar-refractivity contribution in [2.75, 3.05) is 11.9 Å². The van der Waals surface area contributed by atoms with Gasteiger partial charge in [0.2, 0.25) is 5.95 Å². The summed E-state index contributed by atoms with van der Waals surface area (Å²) in [6.45, 7) is 2.93. The molecule has 0 saturated carbocycles. The highest BCUT2D eigenvalue weighted by Gasteiger charge is 2.32. The summed E-state index contributed by atoms with van der Waals surface area (Å²) in [6.07, 6.45) is -1.56. The van der Waals surface area contributed by atoms with E-state index in [1.165, 1.54) is 24.4 Å². The van der Waals surface area contributed by atoms with Crippen molar-refractivity contribution in [1.29, 1.82) is 5.26 Å². The molecule has 1 aliphatic rings. The van der Waals surface area contributed by atoms with E-state index in [9.17, 15) is 27.6 Å². The standard InChI is InChI=1S/C25H22F4N8O/c1-24(2,12-30)20-9-16(4-6-32-20)37-21-17(22(38)36(37)13-25(27,28)29)11-33-23(35-21)34-19-8-14-3-5-31-10-15(14)7-18(19)26/h4,6-9,11,31H,3,5,10,13H2,1-2H3,(H,33,34,35). The lowest BCUT2D eigenvalue weighted by Gasteiger charge is -2.19. The Hall–Kier alpha value is -4.31. The number of alkyl halides is 3. The second-order valence-corrected chi connectivity index (χ2v) is 9.51. The molecule has 9 nitrogen and oxygen atoms in total. The number of nitriles is 1. The quantitative estimate of drug-likeness (QED) is 0.380. The van der Waals surface area contributed by atoms with Gasteiger partial charge < -0.3 is 10.6 Å². The van der Waals surface area contributed by atoms with Crippen LogP contribution in [0.3, 0.4) is 0 Å². The summed E-state index contributed by atoms with van der Waals surface area (Å²) in [4.78, 5) is 25.6. The molecule has 0 radical (unpaired) electrons. The number of aromatic nitrogens is 5. The molecule has 0 amide bonds. The number of hydrogen-bond donors (Lipinski definition) is 2. The van der Waals surface area contributed by atoms with Crippen LogP contribution in [0.15, 0.2) is 41.5 Å². The zero-order valence-electron chi connectivity index (χ0n) is 20.4. The van der Waals surface area contributed by atoms with Crippen molar-refractivity contribution < 1.29 is 17.6 Å². The molecule has 5 rings (SSSR count). The fraction of sp³-hybridized carbons (Fsp3) is 0.320. The number of anilines is 2. The molecule has 0 aliphatic carbocycles. The lowest BCUT2D eigenvalue weighted by atomic mass is 9.91. The third-order valence-electron chi connectivity index (χ3n) is 6.33. The van der Waals surface area contributed by atoms with Gasteiger partial charge in [0.25, 0.3) is 5.56 Å². The van der Waals surface area contributed by atoms with Gasteiger partial charge in [0, 0.05) is 18.9 Å². The first-order chi connectivity index (χ1) is 18.0. The monoisotopic (exact) mass is 526 g/mol. The molecular formula is C25H22F4N8O. The number of pyridine rings is 1. The molecule has 2 N–H and O–H groups in total. The van der Waals surface area contributed by atoms with Crippen molar-refractivity contribution in [3.05, 3.63) is 69.7 Å². The van der Waals surface area contributed by atoms with Gasteiger partial charge in [0.15, 0.2) is 5.65 Å². The van der Waals surface area contributed by atoms with Gasteiger partial charge in [0.1, 0.15) is 17.7 Å². The third kappa shape index (κ3) is 4.70. The topological polar surface area (TPSA) is 113 Å². The number of benzene rings is 1. The lowest BCUT2D eigenvalue weighted by molar-refractivity contribution is -0.144. The van der Waals surface area contributed by atoms with Gasteiger partial charge in [-0.15, -0.1) is 0 Å². The largest absolute Gasteiger partial charge is 0.408 e. The summed E-state index contributed by atoms with van der Waals surface area (Å²) >= 11 is 0. The highest BCUT2D eigenvalue weighted by molar-refractivity contribution is 5.77. The second kappa shape index (κ2) is 9.21. The van der Waals surface area contributed by atoms with Crippen LogP contribution in [0, 0.1) is 17.1 Å². The molecule has 196 valence electrons. The van der Waals surface area contributed by atoms with Crippen molar-refractivity contribution in [2.45, 2.75) is 44.9 Å². The molecule has 0 spiro atoms. The Morgan fingerprint density at radius 3 is 2.71 bits per heavy atom. The number of halogens is 4. The highest BCUT2D eigenvalue weighted by Crippen LogP contribution is 2.28. The molecule has 0 unspecified atom stereocenters. The minimum absolute atomic E-state index is 0.102. The van der Waals surface area contributed by atoms with Gasteiger partial charge in [-0.3, -0.25) is 9.78 Å². The summed E-state index contributed by atoms with van der Waals surface area (Å²) < 4.78 is 56.8. The first-order valence-electron chi connectivity index (χ1n) is 11.7. The molecule has 38 heavy (non-hydrogen) atoms. The number of nitrogens with zero attached hydrogens (tertiary/aromatic N) is 6. The summed E-state index contributed by atoms with van der Waals surface area (Å²) in [7, 11) is 0. The Morgan fingerprint density at radius 2 is 1.97 bits per heavy atom. The zero-order chi connectivity index (χ0) is 27.2. The Balaban J connectivity index is 1.66. The van der Waals surface area contributed by atoms with Crippen molar-refractivity contribution >= 4 is 22.7 Å². The summed E-state index contributed by atoms with van der Waals surface area (Å²) in [5, 5.41) is 15.3. The van der Waals surface area contributed by atoms with E-state index in [1.54, 1.807) is 19.9 Å². The summed E-state index contributed by atoms with van der Waals surface area (Å²) in [5.74, 6) is -0.643. The normalized spacial score (nSPS) is 13.8.